The lowest BCUT2D eigenvalue weighted by Gasteiger charge is -2.04. The first-order chi connectivity index (χ1) is 7.99. The molecule has 5 nitrogen and oxygen atoms in total. The van der Waals surface area contributed by atoms with Gasteiger partial charge in [-0.05, 0) is 24.3 Å². The molecular weight excluding hydrogens is 262 g/mol. The number of hydrogen-bond donors (Lipinski definition) is 2. The molecule has 0 aliphatic rings. The number of alkyl halides is 1. The van der Waals surface area contributed by atoms with Crippen LogP contribution >= 0.6 is 11.6 Å². The molecular formula is C10H14ClN3O2S. The number of amidine groups is 1. The molecule has 0 radical (unpaired) electrons. The first kappa shape index (κ1) is 14.0. The third-order valence-electron chi connectivity index (χ3n) is 1.89. The first-order valence-electron chi connectivity index (χ1n) is 4.98. The Morgan fingerprint density at radius 1 is 1.41 bits per heavy atom. The molecule has 0 bridgehead atoms. The van der Waals surface area contributed by atoms with Crippen molar-refractivity contribution in [3.8, 4) is 0 Å². The van der Waals surface area contributed by atoms with Crippen LogP contribution in [0.15, 0.2) is 34.2 Å². The van der Waals surface area contributed by atoms with E-state index in [1.54, 1.807) is 19.1 Å². The number of rotatable bonds is 5. The zero-order valence-electron chi connectivity index (χ0n) is 9.35. The van der Waals surface area contributed by atoms with E-state index in [4.69, 9.17) is 17.3 Å². The zero-order valence-corrected chi connectivity index (χ0v) is 10.9. The fourth-order valence-corrected chi connectivity index (χ4v) is 2.27. The van der Waals surface area contributed by atoms with Crippen molar-refractivity contribution in [3.63, 3.8) is 0 Å². The van der Waals surface area contributed by atoms with E-state index in [2.05, 4.69) is 9.71 Å². The summed E-state index contributed by atoms with van der Waals surface area (Å²) in [4.78, 5) is 4.19. The molecule has 7 heteroatoms. The second-order valence-corrected chi connectivity index (χ2v) is 5.27. The van der Waals surface area contributed by atoms with Crippen LogP contribution in [0.5, 0.6) is 0 Å². The minimum atomic E-state index is -3.42. The molecule has 1 aromatic carbocycles. The molecule has 1 rings (SSSR count). The SMILES string of the molecule is CCNS(=O)(=O)c1ccc(N=C(N)CCl)cc1. The molecule has 94 valence electrons. The van der Waals surface area contributed by atoms with Crippen LogP contribution < -0.4 is 10.5 Å². The Labute approximate surface area is 106 Å². The molecule has 0 heterocycles. The van der Waals surface area contributed by atoms with Crippen molar-refractivity contribution in [2.45, 2.75) is 11.8 Å². The smallest absolute Gasteiger partial charge is 0.240 e. The van der Waals surface area contributed by atoms with Crippen molar-refractivity contribution in [2.75, 3.05) is 12.4 Å². The van der Waals surface area contributed by atoms with Crippen molar-refractivity contribution in [2.24, 2.45) is 10.7 Å². The molecule has 0 unspecified atom stereocenters. The summed E-state index contributed by atoms with van der Waals surface area (Å²) in [5.41, 5.74) is 6.03. The van der Waals surface area contributed by atoms with Gasteiger partial charge in [0.05, 0.1) is 16.5 Å². The van der Waals surface area contributed by atoms with Crippen molar-refractivity contribution >= 4 is 33.1 Å². The molecule has 0 amide bonds. The Bertz CT molecular complexity index is 497. The van der Waals surface area contributed by atoms with Crippen LogP contribution in [0.25, 0.3) is 0 Å². The Morgan fingerprint density at radius 2 is 2.00 bits per heavy atom. The van der Waals surface area contributed by atoms with Crippen LogP contribution in [-0.2, 0) is 10.0 Å². The molecule has 3 N–H and O–H groups in total. The predicted molar refractivity (Wildman–Crippen MR) is 69.3 cm³/mol. The van der Waals surface area contributed by atoms with E-state index in [0.29, 0.717) is 12.2 Å². The van der Waals surface area contributed by atoms with Crippen LogP contribution in [0, 0.1) is 0 Å². The first-order valence-corrected chi connectivity index (χ1v) is 7.00. The van der Waals surface area contributed by atoms with Crippen LogP contribution in [0.4, 0.5) is 5.69 Å². The highest BCUT2D eigenvalue weighted by molar-refractivity contribution is 7.89. The van der Waals surface area contributed by atoms with Gasteiger partial charge in [-0.1, -0.05) is 6.92 Å². The highest BCUT2D eigenvalue weighted by atomic mass is 35.5. The van der Waals surface area contributed by atoms with Gasteiger partial charge in [-0.3, -0.25) is 0 Å². The van der Waals surface area contributed by atoms with E-state index < -0.39 is 10.0 Å². The van der Waals surface area contributed by atoms with E-state index >= 15 is 0 Å². The normalized spacial score (nSPS) is 12.7. The fourth-order valence-electron chi connectivity index (χ4n) is 1.17. The largest absolute Gasteiger partial charge is 0.386 e. The second kappa shape index (κ2) is 6.00. The van der Waals surface area contributed by atoms with Gasteiger partial charge in [0, 0.05) is 6.54 Å². The second-order valence-electron chi connectivity index (χ2n) is 3.23. The summed E-state index contributed by atoms with van der Waals surface area (Å²) in [6, 6.07) is 6.09. The molecule has 0 spiro atoms. The number of halogens is 1. The molecule has 0 aromatic heterocycles. The lowest BCUT2D eigenvalue weighted by Crippen LogP contribution is -2.22. The lowest BCUT2D eigenvalue weighted by molar-refractivity contribution is 0.584. The van der Waals surface area contributed by atoms with Gasteiger partial charge in [0.1, 0.15) is 5.84 Å². The Morgan fingerprint density at radius 3 is 2.47 bits per heavy atom. The maximum Gasteiger partial charge on any atom is 0.240 e. The zero-order chi connectivity index (χ0) is 12.9. The summed E-state index contributed by atoms with van der Waals surface area (Å²) in [6.45, 7) is 2.07. The summed E-state index contributed by atoms with van der Waals surface area (Å²) in [5.74, 6) is 0.422. The highest BCUT2D eigenvalue weighted by Gasteiger charge is 2.11. The quantitative estimate of drug-likeness (QED) is 0.481. The number of hydrogen-bond acceptors (Lipinski definition) is 3. The number of benzene rings is 1. The van der Waals surface area contributed by atoms with E-state index in [1.165, 1.54) is 12.1 Å². The standard InChI is InChI=1S/C10H14ClN3O2S/c1-2-13-17(15,16)9-5-3-8(4-6-9)14-10(12)7-11/h3-6,13H,2,7H2,1H3,(H2,12,14). The minimum Gasteiger partial charge on any atom is -0.386 e. The summed E-state index contributed by atoms with van der Waals surface area (Å²) < 4.78 is 25.7. The van der Waals surface area contributed by atoms with Gasteiger partial charge in [0.15, 0.2) is 0 Å². The Kier molecular flexibility index (Phi) is 4.92. The van der Waals surface area contributed by atoms with Crippen LogP contribution in [0.1, 0.15) is 6.92 Å². The van der Waals surface area contributed by atoms with Crippen molar-refractivity contribution in [3.05, 3.63) is 24.3 Å². The molecule has 0 atom stereocenters. The third kappa shape index (κ3) is 3.99. The monoisotopic (exact) mass is 275 g/mol. The lowest BCUT2D eigenvalue weighted by atomic mass is 10.3. The third-order valence-corrected chi connectivity index (χ3v) is 3.73. The predicted octanol–water partition coefficient (Wildman–Crippen LogP) is 1.21. The number of nitrogens with two attached hydrogens (primary N) is 1. The molecule has 0 saturated carbocycles. The van der Waals surface area contributed by atoms with E-state index in [-0.39, 0.29) is 16.6 Å². The van der Waals surface area contributed by atoms with Crippen molar-refractivity contribution < 1.29 is 8.42 Å². The molecule has 0 fully saturated rings. The summed E-state index contributed by atoms with van der Waals surface area (Å²) in [5, 5.41) is 0. The Hall–Kier alpha value is -1.11. The molecule has 0 saturated heterocycles. The fraction of sp³-hybridized carbons (Fsp3) is 0.300. The topological polar surface area (TPSA) is 84.5 Å². The van der Waals surface area contributed by atoms with Gasteiger partial charge in [-0.15, -0.1) is 11.6 Å². The maximum atomic E-state index is 11.6. The number of sulfonamides is 1. The van der Waals surface area contributed by atoms with Gasteiger partial charge in [0.2, 0.25) is 10.0 Å². The van der Waals surface area contributed by atoms with Gasteiger partial charge in [0.25, 0.3) is 0 Å². The highest BCUT2D eigenvalue weighted by Crippen LogP contribution is 2.16. The van der Waals surface area contributed by atoms with Gasteiger partial charge >= 0.3 is 0 Å². The number of aliphatic imine (C=N–C) groups is 1. The van der Waals surface area contributed by atoms with Crippen LogP contribution in [0.2, 0.25) is 0 Å². The average molecular weight is 276 g/mol. The number of nitrogens with zero attached hydrogens (tertiary/aromatic N) is 1. The van der Waals surface area contributed by atoms with Crippen molar-refractivity contribution in [1.82, 2.24) is 4.72 Å². The summed E-state index contributed by atoms with van der Waals surface area (Å²) in [6.07, 6.45) is 0. The molecule has 1 aromatic rings. The number of nitrogens with one attached hydrogen (secondary N) is 1. The molecule has 0 aliphatic heterocycles. The van der Waals surface area contributed by atoms with E-state index in [9.17, 15) is 8.42 Å². The van der Waals surface area contributed by atoms with Crippen molar-refractivity contribution in [1.29, 1.82) is 0 Å². The maximum absolute atomic E-state index is 11.6. The van der Waals surface area contributed by atoms with Crippen LogP contribution in [0.3, 0.4) is 0 Å². The van der Waals surface area contributed by atoms with Gasteiger partial charge in [-0.25, -0.2) is 18.1 Å². The van der Waals surface area contributed by atoms with E-state index in [1.807, 2.05) is 0 Å². The molecule has 0 aliphatic carbocycles. The van der Waals surface area contributed by atoms with E-state index in [0.717, 1.165) is 0 Å². The summed E-state index contributed by atoms with van der Waals surface area (Å²) >= 11 is 5.49. The van der Waals surface area contributed by atoms with Gasteiger partial charge < -0.3 is 5.73 Å². The Balaban J connectivity index is 2.96. The van der Waals surface area contributed by atoms with Crippen LogP contribution in [-0.4, -0.2) is 26.7 Å². The average Bonchev–Trinajstić information content (AvgIpc) is 2.29. The van der Waals surface area contributed by atoms with Gasteiger partial charge in [-0.2, -0.15) is 0 Å². The summed E-state index contributed by atoms with van der Waals surface area (Å²) in [7, 11) is -3.42. The molecule has 17 heavy (non-hydrogen) atoms. The minimum absolute atomic E-state index is 0.136.